The number of aryl methyl sites for hydroxylation is 1. The molecule has 2 aromatic rings. The smallest absolute Gasteiger partial charge is 0.253 e. The first kappa shape index (κ1) is 22.3. The van der Waals surface area contributed by atoms with Crippen molar-refractivity contribution >= 4 is 5.91 Å². The van der Waals surface area contributed by atoms with E-state index in [1.165, 1.54) is 5.56 Å². The molecular formula is C25H34N2O3. The first-order valence-corrected chi connectivity index (χ1v) is 10.8. The third kappa shape index (κ3) is 6.07. The zero-order chi connectivity index (χ0) is 21.3. The second-order valence-electron chi connectivity index (χ2n) is 8.14. The van der Waals surface area contributed by atoms with E-state index in [1.54, 1.807) is 14.2 Å². The molecule has 30 heavy (non-hydrogen) atoms. The van der Waals surface area contributed by atoms with Gasteiger partial charge in [-0.3, -0.25) is 9.69 Å². The molecule has 0 unspecified atom stereocenters. The van der Waals surface area contributed by atoms with Gasteiger partial charge in [0, 0.05) is 37.9 Å². The highest BCUT2D eigenvalue weighted by Crippen LogP contribution is 2.24. The van der Waals surface area contributed by atoms with E-state index in [4.69, 9.17) is 9.47 Å². The van der Waals surface area contributed by atoms with Gasteiger partial charge in [0.15, 0.2) is 0 Å². The van der Waals surface area contributed by atoms with Gasteiger partial charge in [0.05, 0.1) is 13.7 Å². The summed E-state index contributed by atoms with van der Waals surface area (Å²) in [4.78, 5) is 17.5. The molecule has 1 heterocycles. The highest BCUT2D eigenvalue weighted by molar-refractivity contribution is 5.94. The van der Waals surface area contributed by atoms with Crippen molar-refractivity contribution in [3.8, 4) is 5.75 Å². The third-order valence-electron chi connectivity index (χ3n) is 5.92. The lowest BCUT2D eigenvalue weighted by molar-refractivity contribution is 0.0617. The molecule has 0 spiro atoms. The van der Waals surface area contributed by atoms with Crippen LogP contribution in [0, 0.1) is 12.8 Å². The summed E-state index contributed by atoms with van der Waals surface area (Å²) in [5.74, 6) is 1.57. The maximum Gasteiger partial charge on any atom is 0.253 e. The summed E-state index contributed by atoms with van der Waals surface area (Å²) < 4.78 is 10.7. The number of carbonyl (C=O) groups excluding carboxylic acids is 1. The number of nitrogens with zero attached hydrogens (tertiary/aromatic N) is 2. The summed E-state index contributed by atoms with van der Waals surface area (Å²) in [5.41, 5.74) is 3.15. The van der Waals surface area contributed by atoms with Crippen molar-refractivity contribution in [3.63, 3.8) is 0 Å². The predicted molar refractivity (Wildman–Crippen MR) is 120 cm³/mol. The number of piperidine rings is 1. The largest absolute Gasteiger partial charge is 0.496 e. The fraction of sp³-hybridized carbons (Fsp3) is 0.480. The third-order valence-corrected chi connectivity index (χ3v) is 5.92. The van der Waals surface area contributed by atoms with Gasteiger partial charge in [0.1, 0.15) is 5.75 Å². The van der Waals surface area contributed by atoms with Crippen molar-refractivity contribution < 1.29 is 14.3 Å². The van der Waals surface area contributed by atoms with E-state index in [9.17, 15) is 4.79 Å². The molecule has 0 aromatic heterocycles. The number of likely N-dealkylation sites (tertiary alicyclic amines) is 1. The highest BCUT2D eigenvalue weighted by Gasteiger charge is 2.24. The van der Waals surface area contributed by atoms with E-state index in [0.29, 0.717) is 19.1 Å². The fourth-order valence-corrected chi connectivity index (χ4v) is 4.07. The number of para-hydroxylation sites is 1. The van der Waals surface area contributed by atoms with Gasteiger partial charge in [-0.1, -0.05) is 35.9 Å². The number of hydrogen-bond acceptors (Lipinski definition) is 4. The van der Waals surface area contributed by atoms with Crippen LogP contribution in [0.1, 0.15) is 34.3 Å². The van der Waals surface area contributed by atoms with Crippen molar-refractivity contribution in [1.82, 2.24) is 9.80 Å². The van der Waals surface area contributed by atoms with E-state index in [0.717, 1.165) is 55.9 Å². The molecule has 0 saturated carbocycles. The molecule has 1 aliphatic heterocycles. The number of hydrogen-bond donors (Lipinski definition) is 0. The molecule has 5 nitrogen and oxygen atoms in total. The number of methoxy groups -OCH3 is 2. The summed E-state index contributed by atoms with van der Waals surface area (Å²) in [7, 11) is 3.41. The van der Waals surface area contributed by atoms with Gasteiger partial charge < -0.3 is 14.4 Å². The lowest BCUT2D eigenvalue weighted by Crippen LogP contribution is -2.42. The average Bonchev–Trinajstić information content (AvgIpc) is 2.78. The van der Waals surface area contributed by atoms with Crippen LogP contribution in [0.25, 0.3) is 0 Å². The molecule has 0 aliphatic carbocycles. The molecule has 162 valence electrons. The van der Waals surface area contributed by atoms with E-state index in [1.807, 2.05) is 48.2 Å². The van der Waals surface area contributed by atoms with Crippen molar-refractivity contribution in [3.05, 3.63) is 65.2 Å². The number of amides is 1. The fourth-order valence-electron chi connectivity index (χ4n) is 4.07. The van der Waals surface area contributed by atoms with Gasteiger partial charge >= 0.3 is 0 Å². The van der Waals surface area contributed by atoms with Crippen LogP contribution in [0.3, 0.4) is 0 Å². The maximum atomic E-state index is 13.1. The summed E-state index contributed by atoms with van der Waals surface area (Å²) >= 11 is 0. The Hall–Kier alpha value is -2.37. The SMILES string of the molecule is COCCN(CC1CCN(Cc2ccccc2OC)CC1)C(=O)c1ccc(C)cc1. The van der Waals surface area contributed by atoms with Gasteiger partial charge in [-0.05, 0) is 57.0 Å². The van der Waals surface area contributed by atoms with Gasteiger partial charge in [-0.25, -0.2) is 0 Å². The van der Waals surface area contributed by atoms with Crippen molar-refractivity contribution in [1.29, 1.82) is 0 Å². The Labute approximate surface area is 180 Å². The van der Waals surface area contributed by atoms with E-state index in [2.05, 4.69) is 17.0 Å². The summed E-state index contributed by atoms with van der Waals surface area (Å²) in [5, 5.41) is 0. The van der Waals surface area contributed by atoms with E-state index < -0.39 is 0 Å². The number of benzene rings is 2. The zero-order valence-electron chi connectivity index (χ0n) is 18.5. The predicted octanol–water partition coefficient (Wildman–Crippen LogP) is 4.00. The minimum absolute atomic E-state index is 0.100. The quantitative estimate of drug-likeness (QED) is 0.627. The average molecular weight is 411 g/mol. The van der Waals surface area contributed by atoms with Crippen LogP contribution >= 0.6 is 0 Å². The Morgan fingerprint density at radius 2 is 1.77 bits per heavy atom. The molecule has 0 bridgehead atoms. The highest BCUT2D eigenvalue weighted by atomic mass is 16.5. The topological polar surface area (TPSA) is 42.0 Å². The van der Waals surface area contributed by atoms with Gasteiger partial charge in [-0.15, -0.1) is 0 Å². The van der Waals surface area contributed by atoms with E-state index >= 15 is 0 Å². The molecule has 1 fully saturated rings. The van der Waals surface area contributed by atoms with Crippen LogP contribution < -0.4 is 4.74 Å². The Bertz CT molecular complexity index is 798. The van der Waals surface area contributed by atoms with Crippen LogP contribution in [-0.4, -0.2) is 62.7 Å². The van der Waals surface area contributed by atoms with Crippen molar-refractivity contribution in [2.24, 2.45) is 5.92 Å². The summed E-state index contributed by atoms with van der Waals surface area (Å²) in [6.07, 6.45) is 2.19. The van der Waals surface area contributed by atoms with Crippen LogP contribution in [0.4, 0.5) is 0 Å². The molecule has 5 heteroatoms. The lowest BCUT2D eigenvalue weighted by Gasteiger charge is -2.35. The Morgan fingerprint density at radius 3 is 2.43 bits per heavy atom. The molecule has 1 aliphatic rings. The molecule has 1 saturated heterocycles. The Balaban J connectivity index is 1.56. The van der Waals surface area contributed by atoms with Crippen LogP contribution in [0.2, 0.25) is 0 Å². The van der Waals surface area contributed by atoms with E-state index in [-0.39, 0.29) is 5.91 Å². The maximum absolute atomic E-state index is 13.1. The molecule has 0 N–H and O–H groups in total. The first-order chi connectivity index (χ1) is 14.6. The number of carbonyl (C=O) groups is 1. The Morgan fingerprint density at radius 1 is 1.07 bits per heavy atom. The standard InChI is InChI=1S/C25H34N2O3/c1-20-8-10-22(11-9-20)25(28)27(16-17-29-2)18-21-12-14-26(15-13-21)19-23-6-4-5-7-24(23)30-3/h4-11,21H,12-19H2,1-3H3. The number of ether oxygens (including phenoxy) is 2. The van der Waals surface area contributed by atoms with Gasteiger partial charge in [0.25, 0.3) is 5.91 Å². The molecule has 0 atom stereocenters. The van der Waals surface area contributed by atoms with Crippen molar-refractivity contribution in [2.45, 2.75) is 26.3 Å². The normalized spacial score (nSPS) is 15.2. The minimum Gasteiger partial charge on any atom is -0.496 e. The van der Waals surface area contributed by atoms with Gasteiger partial charge in [-0.2, -0.15) is 0 Å². The Kier molecular flexibility index (Phi) is 8.29. The van der Waals surface area contributed by atoms with Crippen LogP contribution in [-0.2, 0) is 11.3 Å². The second kappa shape index (κ2) is 11.1. The molecule has 0 radical (unpaired) electrons. The zero-order valence-corrected chi connectivity index (χ0v) is 18.5. The molecule has 1 amide bonds. The van der Waals surface area contributed by atoms with Gasteiger partial charge in [0.2, 0.25) is 0 Å². The molecule has 2 aromatic carbocycles. The first-order valence-electron chi connectivity index (χ1n) is 10.8. The second-order valence-corrected chi connectivity index (χ2v) is 8.14. The van der Waals surface area contributed by atoms with Crippen molar-refractivity contribution in [2.75, 3.05) is 47.0 Å². The number of rotatable bonds is 9. The molecule has 3 rings (SSSR count). The minimum atomic E-state index is 0.100. The summed E-state index contributed by atoms with van der Waals surface area (Å²) in [6, 6.07) is 16.1. The van der Waals surface area contributed by atoms with Crippen LogP contribution in [0.5, 0.6) is 5.75 Å². The lowest BCUT2D eigenvalue weighted by atomic mass is 9.95. The molecular weight excluding hydrogens is 376 g/mol. The summed E-state index contributed by atoms with van der Waals surface area (Å²) in [6.45, 7) is 7.01. The van der Waals surface area contributed by atoms with Crippen LogP contribution in [0.15, 0.2) is 48.5 Å². The monoisotopic (exact) mass is 410 g/mol.